The van der Waals surface area contributed by atoms with Crippen molar-refractivity contribution in [2.75, 3.05) is 26.2 Å². The van der Waals surface area contributed by atoms with E-state index in [1.807, 2.05) is 0 Å². The second-order valence-electron chi connectivity index (χ2n) is 11.8. The summed E-state index contributed by atoms with van der Waals surface area (Å²) in [5, 5.41) is 29.7. The van der Waals surface area contributed by atoms with E-state index in [0.29, 0.717) is 37.7 Å². The van der Waals surface area contributed by atoms with Gasteiger partial charge < -0.3 is 45.7 Å². The van der Waals surface area contributed by atoms with Crippen LogP contribution in [0.1, 0.15) is 57.9 Å². The predicted octanol–water partition coefficient (Wildman–Crippen LogP) is -2.35. The van der Waals surface area contributed by atoms with E-state index in [1.165, 1.54) is 4.67 Å². The van der Waals surface area contributed by atoms with Gasteiger partial charge in [0.1, 0.15) is 18.1 Å². The molecule has 0 aliphatic rings. The summed E-state index contributed by atoms with van der Waals surface area (Å²) in [5.41, 5.74) is 0.570. The monoisotopic (exact) mass is 714 g/mol. The van der Waals surface area contributed by atoms with Crippen molar-refractivity contribution in [1.82, 2.24) is 31.3 Å². The highest BCUT2D eigenvalue weighted by atomic mass is 31.0. The van der Waals surface area contributed by atoms with Gasteiger partial charge in [0.2, 0.25) is 29.5 Å². The highest BCUT2D eigenvalue weighted by Crippen LogP contribution is 2.21. The molecular formula is C31H45B2N6O10P. The van der Waals surface area contributed by atoms with Crippen molar-refractivity contribution < 1.29 is 48.6 Å². The number of carbonyl (C=O) groups is 8. The minimum atomic E-state index is -3.42. The lowest BCUT2D eigenvalue weighted by atomic mass is 9.51. The molecule has 0 bridgehead atoms. The normalized spacial score (nSPS) is 12.4. The number of hydrogen-bond acceptors (Lipinski definition) is 10. The number of nitrogens with zero attached hydrogens (tertiary/aromatic N) is 1. The largest absolute Gasteiger partial charge is 0.350 e. The first-order valence-electron chi connectivity index (χ1n) is 15.9. The van der Waals surface area contributed by atoms with E-state index in [2.05, 4.69) is 30.7 Å². The lowest BCUT2D eigenvalue weighted by Crippen LogP contribution is -2.63. The van der Waals surface area contributed by atoms with Crippen LogP contribution in [0.2, 0.25) is 5.21 Å². The van der Waals surface area contributed by atoms with Gasteiger partial charge in [-0.05, 0) is 46.4 Å². The number of hydrogen-bond donors (Lipinski definition) is 7. The zero-order valence-corrected chi connectivity index (χ0v) is 29.4. The molecule has 0 saturated carbocycles. The van der Waals surface area contributed by atoms with Crippen molar-refractivity contribution in [3.8, 4) is 0 Å². The fourth-order valence-electron chi connectivity index (χ4n) is 4.19. The van der Waals surface area contributed by atoms with Crippen LogP contribution in [0, 0.1) is 5.92 Å². The van der Waals surface area contributed by atoms with Crippen LogP contribution in [-0.2, 0) is 44.8 Å². The van der Waals surface area contributed by atoms with Crippen LogP contribution in [0.3, 0.4) is 0 Å². The second-order valence-corrected chi connectivity index (χ2v) is 12.4. The summed E-state index contributed by atoms with van der Waals surface area (Å²) in [6.45, 7) is 1.91. The van der Waals surface area contributed by atoms with Crippen LogP contribution in [0.25, 0.3) is 0 Å². The Morgan fingerprint density at radius 3 is 2.16 bits per heavy atom. The Labute approximate surface area is 296 Å². The number of carbonyl (C=O) groups excluding carboxylic acids is 8. The van der Waals surface area contributed by atoms with Crippen LogP contribution in [0.4, 0.5) is 0 Å². The Balaban J connectivity index is 2.57. The average molecular weight is 714 g/mol. The van der Waals surface area contributed by atoms with Crippen molar-refractivity contribution in [1.29, 1.82) is 0 Å². The summed E-state index contributed by atoms with van der Waals surface area (Å²) in [6, 6.07) is 6.93. The Hall–Kier alpha value is -4.14. The number of amides is 6. The molecule has 1 aromatic rings. The molecular weight excluding hydrogens is 669 g/mol. The molecule has 50 heavy (non-hydrogen) atoms. The molecule has 7 N–H and O–H groups in total. The molecule has 3 atom stereocenters. The summed E-state index contributed by atoms with van der Waals surface area (Å²) in [7, 11) is 13.5. The number of unbranched alkanes of at least 4 members (excludes halogenated alkanes) is 2. The molecule has 0 aromatic heterocycles. The highest BCUT2D eigenvalue weighted by molar-refractivity contribution is 7.14. The number of ketones is 1. The standard InChI is InChI=1S/C31H45B2N6O10P/c1-20(12-16-40)28(46)39(50)15-8-4-7-11-24(42)35-18-25(43)36-19-26(44)37-23(17-22-9-5-3-6-10-22)27(45)38-31(48,49)29(47)34-14-13-30(32,33)21(2)41/h3,5-6,9-10,16,20,23,48-49H,4,7-8,11-15,17-19,50H2,1-2H3,(H,34,47)(H,35,42)(H,36,43)(H,37,44)(H,38,45). The zero-order valence-electron chi connectivity index (χ0n) is 28.2. The number of aldehydes is 1. The first kappa shape index (κ1) is 43.9. The van der Waals surface area contributed by atoms with Gasteiger partial charge in [-0.25, -0.2) is 0 Å². The number of benzene rings is 1. The lowest BCUT2D eigenvalue weighted by molar-refractivity contribution is -0.199. The van der Waals surface area contributed by atoms with Gasteiger partial charge in [0.05, 0.1) is 28.8 Å². The molecule has 0 fully saturated rings. The molecule has 0 aliphatic heterocycles. The molecule has 0 aliphatic carbocycles. The van der Waals surface area contributed by atoms with Crippen molar-refractivity contribution in [3.63, 3.8) is 0 Å². The third-order valence-corrected chi connectivity index (χ3v) is 7.89. The van der Waals surface area contributed by atoms with Crippen molar-refractivity contribution in [2.24, 2.45) is 5.92 Å². The molecule has 6 amide bonds. The minimum Gasteiger partial charge on any atom is -0.350 e. The van der Waals surface area contributed by atoms with Gasteiger partial charge in [0, 0.05) is 38.3 Å². The smallest absolute Gasteiger partial charge is 0.330 e. The Kier molecular flexibility index (Phi) is 19.2. The molecule has 16 nitrogen and oxygen atoms in total. The molecule has 1 aromatic carbocycles. The van der Waals surface area contributed by atoms with Crippen LogP contribution in [0.15, 0.2) is 30.3 Å². The van der Waals surface area contributed by atoms with Gasteiger partial charge in [0.25, 0.3) is 0 Å². The number of rotatable bonds is 23. The first-order chi connectivity index (χ1) is 23.4. The summed E-state index contributed by atoms with van der Waals surface area (Å²) >= 11 is 0. The average Bonchev–Trinajstić information content (AvgIpc) is 3.05. The van der Waals surface area contributed by atoms with Gasteiger partial charge in [-0.1, -0.05) is 43.7 Å². The highest BCUT2D eigenvalue weighted by Gasteiger charge is 2.38. The first-order valence-corrected chi connectivity index (χ1v) is 16.4. The van der Waals surface area contributed by atoms with E-state index in [0.717, 1.165) is 6.92 Å². The lowest BCUT2D eigenvalue weighted by Gasteiger charge is -2.27. The van der Waals surface area contributed by atoms with Crippen LogP contribution >= 0.6 is 9.39 Å². The maximum absolute atomic E-state index is 13.0. The van der Waals surface area contributed by atoms with Gasteiger partial charge >= 0.3 is 11.8 Å². The van der Waals surface area contributed by atoms with Crippen LogP contribution in [0.5, 0.6) is 0 Å². The summed E-state index contributed by atoms with van der Waals surface area (Å²) in [6.07, 6.45) is 2.37. The van der Waals surface area contributed by atoms with Gasteiger partial charge in [0.15, 0.2) is 0 Å². The van der Waals surface area contributed by atoms with Crippen molar-refractivity contribution in [2.45, 2.75) is 76.0 Å². The number of nitrogens with one attached hydrogen (secondary N) is 5. The van der Waals surface area contributed by atoms with E-state index >= 15 is 0 Å². The molecule has 0 heterocycles. The van der Waals surface area contributed by atoms with E-state index in [1.54, 1.807) is 42.6 Å². The molecule has 1 rings (SSSR count). The minimum absolute atomic E-state index is 0.130. The summed E-state index contributed by atoms with van der Waals surface area (Å²) < 4.78 is 1.46. The predicted molar refractivity (Wildman–Crippen MR) is 186 cm³/mol. The Morgan fingerprint density at radius 1 is 0.920 bits per heavy atom. The van der Waals surface area contributed by atoms with Gasteiger partial charge in [-0.3, -0.25) is 34.1 Å². The maximum Gasteiger partial charge on any atom is 0.330 e. The van der Waals surface area contributed by atoms with Gasteiger partial charge in [-0.2, -0.15) is 0 Å². The van der Waals surface area contributed by atoms with Crippen molar-refractivity contribution >= 4 is 72.6 Å². The maximum atomic E-state index is 13.0. The van der Waals surface area contributed by atoms with E-state index in [9.17, 15) is 48.6 Å². The molecule has 19 heteroatoms. The third-order valence-electron chi connectivity index (χ3n) is 7.38. The Bertz CT molecular complexity index is 1350. The SMILES string of the molecule is [B]C([B])(CCNC(=O)C(O)(O)NC(=O)C(Cc1ccccc1)NC(=O)CNC(=O)CNC(=O)CCCCCN(P)C(=O)C(C)CC=O)C(C)=O. The van der Waals surface area contributed by atoms with E-state index in [4.69, 9.17) is 15.7 Å². The molecule has 4 radical (unpaired) electrons. The van der Waals surface area contributed by atoms with Crippen molar-refractivity contribution in [3.05, 3.63) is 35.9 Å². The van der Waals surface area contributed by atoms with E-state index < -0.39 is 71.5 Å². The quantitative estimate of drug-likeness (QED) is 0.0210. The third kappa shape index (κ3) is 17.0. The van der Waals surface area contributed by atoms with Crippen LogP contribution in [-0.4, -0.2) is 116 Å². The second kappa shape index (κ2) is 21.8. The van der Waals surface area contributed by atoms with Gasteiger partial charge in [-0.15, -0.1) is 0 Å². The summed E-state index contributed by atoms with van der Waals surface area (Å²) in [5.74, 6) is -9.09. The van der Waals surface area contributed by atoms with Crippen LogP contribution < -0.4 is 26.6 Å². The number of Topliss-reactive ketones (excluding diaryl/α,β-unsaturated/α-hetero) is 1. The topological polar surface area (TPSA) is 240 Å². The number of aliphatic hydroxyl groups is 2. The Morgan fingerprint density at radius 2 is 1.54 bits per heavy atom. The van der Waals surface area contributed by atoms with E-state index in [-0.39, 0.29) is 38.1 Å². The summed E-state index contributed by atoms with van der Waals surface area (Å²) in [4.78, 5) is 96.5. The fourth-order valence-corrected chi connectivity index (χ4v) is 4.63. The molecule has 270 valence electrons. The fraction of sp³-hybridized carbons (Fsp3) is 0.548. The molecule has 0 saturated heterocycles. The zero-order chi connectivity index (χ0) is 37.9. The molecule has 0 spiro atoms. The molecule has 3 unspecified atom stereocenters.